The highest BCUT2D eigenvalue weighted by Crippen LogP contribution is 2.18. The molecule has 0 bridgehead atoms. The molecule has 1 aliphatic carbocycles. The van der Waals surface area contributed by atoms with E-state index in [1.807, 2.05) is 12.2 Å². The predicted octanol–water partition coefficient (Wildman–Crippen LogP) is 0.742. The van der Waals surface area contributed by atoms with Gasteiger partial charge in [-0.05, 0) is 19.8 Å². The zero-order valence-corrected chi connectivity index (χ0v) is 10.3. The van der Waals surface area contributed by atoms with Crippen LogP contribution in [0.25, 0.3) is 0 Å². The Morgan fingerprint density at radius 2 is 2.06 bits per heavy atom. The lowest BCUT2D eigenvalue weighted by Crippen LogP contribution is -2.32. The fourth-order valence-corrected chi connectivity index (χ4v) is 4.21. The molecule has 0 saturated heterocycles. The third-order valence-corrected chi connectivity index (χ3v) is 5.48. The van der Waals surface area contributed by atoms with E-state index in [-0.39, 0.29) is 15.1 Å². The number of nitrogens with one attached hydrogen (secondary N) is 2. The molecule has 1 aromatic rings. The van der Waals surface area contributed by atoms with Crippen LogP contribution in [-0.4, -0.2) is 19.4 Å². The first-order chi connectivity index (χ1) is 7.49. The summed E-state index contributed by atoms with van der Waals surface area (Å²) in [5.41, 5.74) is 0.397. The molecule has 0 amide bonds. The van der Waals surface area contributed by atoms with E-state index in [9.17, 15) is 13.2 Å². The highest BCUT2D eigenvalue weighted by molar-refractivity contribution is 7.91. The van der Waals surface area contributed by atoms with Crippen LogP contribution in [0.15, 0.2) is 21.2 Å². The predicted molar refractivity (Wildman–Crippen MR) is 62.2 cm³/mol. The normalized spacial score (nSPS) is 17.1. The number of thiazole rings is 1. The molecule has 0 radical (unpaired) electrons. The summed E-state index contributed by atoms with van der Waals surface area (Å²) in [5, 5.41) is 0. The number of H-pyrrole nitrogens is 1. The van der Waals surface area contributed by atoms with Crippen molar-refractivity contribution in [1.82, 2.24) is 9.71 Å². The minimum Gasteiger partial charge on any atom is -0.315 e. The molecule has 1 heterocycles. The van der Waals surface area contributed by atoms with Crippen LogP contribution in [0.2, 0.25) is 0 Å². The van der Waals surface area contributed by atoms with Crippen LogP contribution in [0.4, 0.5) is 0 Å². The molecule has 0 fully saturated rings. The molecule has 0 aliphatic heterocycles. The molecule has 0 atom stereocenters. The average molecular weight is 260 g/mol. The van der Waals surface area contributed by atoms with Crippen molar-refractivity contribution in [3.05, 3.63) is 27.5 Å². The van der Waals surface area contributed by atoms with Gasteiger partial charge in [-0.2, -0.15) is 0 Å². The monoisotopic (exact) mass is 260 g/mol. The topological polar surface area (TPSA) is 79.0 Å². The van der Waals surface area contributed by atoms with Gasteiger partial charge in [-0.3, -0.25) is 4.79 Å². The van der Waals surface area contributed by atoms with Gasteiger partial charge in [-0.1, -0.05) is 23.5 Å². The standard InChI is InChI=1S/C9H12N2O3S2/c1-6-8(15-9(12)10-6)16(13,14)11-7-4-2-3-5-7/h2-3,7,11H,4-5H2,1H3,(H,10,12). The molecule has 5 nitrogen and oxygen atoms in total. The summed E-state index contributed by atoms with van der Waals surface area (Å²) in [4.78, 5) is 13.2. The van der Waals surface area contributed by atoms with Crippen LogP contribution in [0.3, 0.4) is 0 Å². The Labute approximate surface area is 97.3 Å². The number of rotatable bonds is 3. The molecule has 0 unspecified atom stereocenters. The molecule has 7 heteroatoms. The molecule has 88 valence electrons. The quantitative estimate of drug-likeness (QED) is 0.787. The Morgan fingerprint density at radius 1 is 1.44 bits per heavy atom. The molecule has 2 N–H and O–H groups in total. The average Bonchev–Trinajstić information content (AvgIpc) is 2.75. The highest BCUT2D eigenvalue weighted by Gasteiger charge is 2.24. The number of sulfonamides is 1. The highest BCUT2D eigenvalue weighted by atomic mass is 32.2. The lowest BCUT2D eigenvalue weighted by molar-refractivity contribution is 0.559. The van der Waals surface area contributed by atoms with Gasteiger partial charge in [0, 0.05) is 11.7 Å². The molecular weight excluding hydrogens is 248 g/mol. The van der Waals surface area contributed by atoms with E-state index < -0.39 is 10.0 Å². The van der Waals surface area contributed by atoms with Crippen molar-refractivity contribution in [3.8, 4) is 0 Å². The Hall–Kier alpha value is -0.920. The maximum atomic E-state index is 11.9. The van der Waals surface area contributed by atoms with E-state index in [2.05, 4.69) is 9.71 Å². The first-order valence-electron chi connectivity index (χ1n) is 4.86. The first-order valence-corrected chi connectivity index (χ1v) is 7.16. The van der Waals surface area contributed by atoms with Gasteiger partial charge < -0.3 is 4.98 Å². The van der Waals surface area contributed by atoms with Crippen LogP contribution < -0.4 is 9.60 Å². The summed E-state index contributed by atoms with van der Waals surface area (Å²) < 4.78 is 26.5. The van der Waals surface area contributed by atoms with Crippen LogP contribution >= 0.6 is 11.3 Å². The number of hydrogen-bond acceptors (Lipinski definition) is 4. The molecule has 2 rings (SSSR count). The van der Waals surface area contributed by atoms with Gasteiger partial charge >= 0.3 is 4.87 Å². The second kappa shape index (κ2) is 4.15. The van der Waals surface area contributed by atoms with Gasteiger partial charge in [-0.25, -0.2) is 13.1 Å². The Kier molecular flexibility index (Phi) is 3.00. The Morgan fingerprint density at radius 3 is 2.56 bits per heavy atom. The zero-order valence-electron chi connectivity index (χ0n) is 8.69. The Balaban J connectivity index is 2.25. The van der Waals surface area contributed by atoms with Crippen molar-refractivity contribution < 1.29 is 8.42 Å². The summed E-state index contributed by atoms with van der Waals surface area (Å²) >= 11 is 0.723. The minimum absolute atomic E-state index is 0.0818. The van der Waals surface area contributed by atoms with Crippen molar-refractivity contribution in [1.29, 1.82) is 0 Å². The maximum Gasteiger partial charge on any atom is 0.305 e. The SMILES string of the molecule is Cc1[nH]c(=O)sc1S(=O)(=O)NC1CC=CC1. The van der Waals surface area contributed by atoms with Gasteiger partial charge in [0.2, 0.25) is 0 Å². The molecular formula is C9H12N2O3S2. The second-order valence-corrected chi connectivity index (χ2v) is 6.58. The summed E-state index contributed by atoms with van der Waals surface area (Å²) in [6.45, 7) is 1.58. The van der Waals surface area contributed by atoms with Gasteiger partial charge in [0.15, 0.2) is 4.21 Å². The second-order valence-electron chi connectivity index (χ2n) is 3.69. The lowest BCUT2D eigenvalue weighted by atomic mass is 10.3. The number of aromatic nitrogens is 1. The number of aromatic amines is 1. The summed E-state index contributed by atoms with van der Waals surface area (Å²) in [6.07, 6.45) is 5.30. The molecule has 0 spiro atoms. The van der Waals surface area contributed by atoms with Crippen molar-refractivity contribution in [2.45, 2.75) is 30.0 Å². The van der Waals surface area contributed by atoms with E-state index in [4.69, 9.17) is 0 Å². The van der Waals surface area contributed by atoms with Crippen LogP contribution in [0, 0.1) is 6.92 Å². The molecule has 1 aliphatic rings. The fourth-order valence-electron chi connectivity index (χ4n) is 1.63. The first kappa shape index (κ1) is 11.6. The van der Waals surface area contributed by atoms with Gasteiger partial charge in [-0.15, -0.1) is 0 Å². The van der Waals surface area contributed by atoms with Crippen LogP contribution in [0.1, 0.15) is 18.5 Å². The third kappa shape index (κ3) is 2.26. The number of aryl methyl sites for hydroxylation is 1. The zero-order chi connectivity index (χ0) is 11.8. The maximum absolute atomic E-state index is 11.9. The molecule has 0 aromatic carbocycles. The van der Waals surface area contributed by atoms with E-state index in [1.54, 1.807) is 6.92 Å². The summed E-state index contributed by atoms with van der Waals surface area (Å²) in [7, 11) is -3.56. The van der Waals surface area contributed by atoms with Crippen LogP contribution in [-0.2, 0) is 10.0 Å². The number of hydrogen-bond donors (Lipinski definition) is 2. The van der Waals surface area contributed by atoms with Gasteiger partial charge in [0.25, 0.3) is 10.0 Å². The smallest absolute Gasteiger partial charge is 0.305 e. The van der Waals surface area contributed by atoms with Crippen molar-refractivity contribution in [2.24, 2.45) is 0 Å². The summed E-state index contributed by atoms with van der Waals surface area (Å²) in [6, 6.07) is -0.0818. The lowest BCUT2D eigenvalue weighted by Gasteiger charge is -2.11. The van der Waals surface area contributed by atoms with Gasteiger partial charge in [0.1, 0.15) is 0 Å². The molecule has 16 heavy (non-hydrogen) atoms. The third-order valence-electron chi connectivity index (χ3n) is 2.35. The van der Waals surface area contributed by atoms with Crippen molar-refractivity contribution >= 4 is 21.4 Å². The summed E-state index contributed by atoms with van der Waals surface area (Å²) in [5.74, 6) is 0. The van der Waals surface area contributed by atoms with E-state index in [1.165, 1.54) is 0 Å². The van der Waals surface area contributed by atoms with E-state index >= 15 is 0 Å². The minimum atomic E-state index is -3.56. The Bertz CT molecular complexity index is 560. The van der Waals surface area contributed by atoms with Crippen LogP contribution in [0.5, 0.6) is 0 Å². The molecule has 0 saturated carbocycles. The van der Waals surface area contributed by atoms with Crippen molar-refractivity contribution in [3.63, 3.8) is 0 Å². The van der Waals surface area contributed by atoms with E-state index in [0.717, 1.165) is 11.3 Å². The molecule has 1 aromatic heterocycles. The largest absolute Gasteiger partial charge is 0.315 e. The fraction of sp³-hybridized carbons (Fsp3) is 0.444. The van der Waals surface area contributed by atoms with E-state index in [0.29, 0.717) is 18.5 Å². The van der Waals surface area contributed by atoms with Gasteiger partial charge in [0.05, 0.1) is 0 Å². The van der Waals surface area contributed by atoms with Crippen molar-refractivity contribution in [2.75, 3.05) is 0 Å².